The van der Waals surface area contributed by atoms with Gasteiger partial charge in [0.2, 0.25) is 0 Å². The lowest BCUT2D eigenvalue weighted by Crippen LogP contribution is -2.22. The van der Waals surface area contributed by atoms with Gasteiger partial charge in [0.1, 0.15) is 23.0 Å². The molecule has 121 heavy (non-hydrogen) atoms. The van der Waals surface area contributed by atoms with Gasteiger partial charge < -0.3 is 62.9 Å². The molecule has 638 valence electrons. The molecule has 3 N–H and O–H groups in total. The minimum atomic E-state index is -0.913. The Morgan fingerprint density at radius 1 is 0.380 bits per heavy atom. The summed E-state index contributed by atoms with van der Waals surface area (Å²) in [6.45, 7) is 15.7. The molecule has 0 aromatic heterocycles. The zero-order valence-electron chi connectivity index (χ0n) is 71.9. The first-order chi connectivity index (χ1) is 58.8. The van der Waals surface area contributed by atoms with Crippen molar-refractivity contribution in [3.05, 3.63) is 201 Å². The summed E-state index contributed by atoms with van der Waals surface area (Å²) >= 11 is 2.40. The van der Waals surface area contributed by atoms with Crippen LogP contribution in [0.5, 0.6) is 23.0 Å². The minimum Gasteiger partial charge on any atom is -0.493 e. The molecule has 4 aliphatic heterocycles. The highest BCUT2D eigenvalue weighted by molar-refractivity contribution is 14.1. The average Bonchev–Trinajstić information content (AvgIpc) is 1.33. The van der Waals surface area contributed by atoms with Crippen molar-refractivity contribution in [3.63, 3.8) is 0 Å². The summed E-state index contributed by atoms with van der Waals surface area (Å²) in [5.41, 5.74) is 36.9. The van der Waals surface area contributed by atoms with E-state index in [1.165, 1.54) is 136 Å². The lowest BCUT2D eigenvalue weighted by atomic mass is 9.82. The van der Waals surface area contributed by atoms with Gasteiger partial charge in [-0.3, -0.25) is 0 Å². The number of esters is 3. The van der Waals surface area contributed by atoms with Gasteiger partial charge in [-0.15, -0.1) is 0 Å². The molecule has 20 rings (SSSR count). The molecule has 8 aromatic rings. The Bertz CT molecular complexity index is 5100. The average molecular weight is 1750 g/mol. The minimum absolute atomic E-state index is 0.0740. The number of hydrogen-bond donors (Lipinski definition) is 2. The molecule has 8 aromatic carbocycles. The molecule has 0 saturated heterocycles. The van der Waals surface area contributed by atoms with Crippen LogP contribution in [0.15, 0.2) is 97.1 Å². The predicted molar refractivity (Wildman–Crippen MR) is 477 cm³/mol. The number of aryl methyl sites for hydroxylation is 6. The summed E-state index contributed by atoms with van der Waals surface area (Å²) in [5.74, 6) is 4.17. The van der Waals surface area contributed by atoms with E-state index in [4.69, 9.17) is 57.8 Å². The number of fused-ring (bicyclic) bond motifs is 4. The summed E-state index contributed by atoms with van der Waals surface area (Å²) in [4.78, 5) is 51.1. The van der Waals surface area contributed by atoms with Crippen LogP contribution in [-0.4, -0.2) is 101 Å². The second kappa shape index (κ2) is 36.6. The Balaban J connectivity index is 0.000000115. The fourth-order valence-electron chi connectivity index (χ4n) is 18.5. The molecular formula is C103H118INO16. The van der Waals surface area contributed by atoms with Gasteiger partial charge in [-0.25, -0.2) is 19.2 Å². The van der Waals surface area contributed by atoms with Gasteiger partial charge in [-0.2, -0.15) is 0 Å². The van der Waals surface area contributed by atoms with Gasteiger partial charge in [-0.05, 0) is 424 Å². The van der Waals surface area contributed by atoms with E-state index >= 15 is 0 Å². The molecule has 8 saturated carbocycles. The van der Waals surface area contributed by atoms with Gasteiger partial charge in [0, 0.05) is 31.5 Å². The Kier molecular flexibility index (Phi) is 25.5. The zero-order chi connectivity index (χ0) is 84.0. The number of anilines is 1. The van der Waals surface area contributed by atoms with Crippen LogP contribution in [0.25, 0.3) is 44.5 Å². The molecule has 0 amide bonds. The van der Waals surface area contributed by atoms with Crippen molar-refractivity contribution in [2.45, 2.75) is 281 Å². The molecule has 18 heteroatoms. The molecule has 4 atom stereocenters. The number of methoxy groups -OCH3 is 3. The van der Waals surface area contributed by atoms with E-state index in [1.807, 2.05) is 6.92 Å². The summed E-state index contributed by atoms with van der Waals surface area (Å²) < 4.78 is 65.0. The molecule has 0 bridgehead atoms. The molecule has 17 nitrogen and oxygen atoms in total. The van der Waals surface area contributed by atoms with E-state index in [1.54, 1.807) is 0 Å². The summed E-state index contributed by atoms with van der Waals surface area (Å²) in [6.07, 6.45) is 24.9. The number of carbonyl (C=O) groups is 4. The van der Waals surface area contributed by atoms with Crippen LogP contribution in [0.1, 0.15) is 290 Å². The fourth-order valence-corrected chi connectivity index (χ4v) is 19.2. The normalized spacial score (nSPS) is 19.0. The van der Waals surface area contributed by atoms with Crippen LogP contribution in [0, 0.1) is 31.3 Å². The third-order valence-corrected chi connectivity index (χ3v) is 27.5. The number of benzene rings is 8. The van der Waals surface area contributed by atoms with E-state index < -0.39 is 30.4 Å². The summed E-state index contributed by atoms with van der Waals surface area (Å²) in [5, 5.41) is 10.2. The van der Waals surface area contributed by atoms with Crippen LogP contribution in [0.4, 0.5) is 5.69 Å². The number of halogens is 1. The largest absolute Gasteiger partial charge is 0.493 e. The van der Waals surface area contributed by atoms with Gasteiger partial charge in [-0.1, -0.05) is 50.2 Å². The van der Waals surface area contributed by atoms with Gasteiger partial charge in [0.25, 0.3) is 0 Å². The molecule has 0 spiro atoms. The number of rotatable bonds is 26. The van der Waals surface area contributed by atoms with E-state index in [-0.39, 0.29) is 42.3 Å². The lowest BCUT2D eigenvalue weighted by Gasteiger charge is -2.27. The summed E-state index contributed by atoms with van der Waals surface area (Å²) in [7, 11) is 4.33. The lowest BCUT2D eigenvalue weighted by molar-refractivity contribution is -0.156. The van der Waals surface area contributed by atoms with Crippen molar-refractivity contribution in [2.75, 3.05) is 53.5 Å². The number of nitrogen functional groups attached to an aromatic ring is 1. The number of hydrogen-bond acceptors (Lipinski definition) is 16. The second-order valence-electron chi connectivity index (χ2n) is 35.6. The first kappa shape index (κ1) is 84.4. The maximum atomic E-state index is 13.0. The highest BCUT2D eigenvalue weighted by Crippen LogP contribution is 2.56. The number of carbonyl (C=O) groups excluding carboxylic acids is 3. The molecule has 12 aliphatic rings. The Morgan fingerprint density at radius 3 is 0.934 bits per heavy atom. The third-order valence-electron chi connectivity index (χ3n) is 26.4. The number of aliphatic carboxylic acids is 1. The van der Waals surface area contributed by atoms with Crippen LogP contribution >= 0.6 is 22.6 Å². The molecule has 4 heterocycles. The number of ether oxygens (including phenoxy) is 11. The molecule has 8 fully saturated rings. The molecule has 4 unspecified atom stereocenters. The first-order valence-corrected chi connectivity index (χ1v) is 46.1. The molecule has 0 radical (unpaired) electrons. The number of carboxylic acids is 1. The van der Waals surface area contributed by atoms with Gasteiger partial charge in [0.15, 0.2) is 24.4 Å². The molecule has 8 aliphatic carbocycles. The number of carboxylic acid groups (broad SMARTS) is 1. The first-order valence-electron chi connectivity index (χ1n) is 45.0. The Hall–Kier alpha value is -8.79. The monoisotopic (exact) mass is 1750 g/mol. The third kappa shape index (κ3) is 18.9. The molecular weight excluding hydrogens is 1630 g/mol. The van der Waals surface area contributed by atoms with Crippen LogP contribution in [-0.2, 0) is 90.9 Å². The van der Waals surface area contributed by atoms with Gasteiger partial charge >= 0.3 is 23.9 Å². The van der Waals surface area contributed by atoms with Crippen LogP contribution < -0.4 is 24.7 Å². The van der Waals surface area contributed by atoms with E-state index in [0.717, 1.165) is 250 Å². The maximum absolute atomic E-state index is 13.0. The number of nitrogens with two attached hydrogens (primary N) is 1. The zero-order valence-corrected chi connectivity index (χ0v) is 74.1. The van der Waals surface area contributed by atoms with Crippen LogP contribution in [0.2, 0.25) is 0 Å². The van der Waals surface area contributed by atoms with Crippen molar-refractivity contribution in [2.24, 2.45) is 0 Å². The summed E-state index contributed by atoms with van der Waals surface area (Å²) in [6, 6.07) is 34.9. The van der Waals surface area contributed by atoms with Crippen molar-refractivity contribution < 1.29 is 76.4 Å². The van der Waals surface area contributed by atoms with Crippen molar-refractivity contribution in [1.82, 2.24) is 0 Å². The fraction of sp³-hybridized carbons (Fsp3) is 0.495. The Morgan fingerprint density at radius 2 is 0.653 bits per heavy atom. The van der Waals surface area contributed by atoms with Crippen molar-refractivity contribution >= 4 is 52.2 Å². The van der Waals surface area contributed by atoms with Crippen molar-refractivity contribution in [3.8, 4) is 67.5 Å². The maximum Gasteiger partial charge on any atom is 0.339 e. The second-order valence-corrected chi connectivity index (χ2v) is 36.7. The standard InChI is InChI=1S/C27H32O4.C26H30O4.C25H27IO4.C25H29NO4/c1-4-17-15-22(18-7-8-18)25(20-9-12-23-19(14-20)6-5-13-30-23)24(16(17)2)26(27(28)29-3)31-21-10-11-21;1-3-16-14-21(17-6-7-17)24(19-8-11-22-18(13-19)5-4-12-29-22)23(15(16)2)25(26(27)28)30-20-9-10-20;2*1-14-20(26)13-19(15-5-6-15)23(17-7-10-21-16(12-17)4-3-11-29-21)22(14)24(25(27)28-2)30-18-8-9-18/h9,12,14-15,18,21,26H,4-8,10-11,13H2,1-3H3;8,11,13-14,17,20,25H,3-7,9-10,12H2,1-2H3,(H,27,28);7,10,12-13,15,18,24H,3-6,8-9,11H2,1-2H3;7,10,12-13,15,18,24H,3-6,8-9,11,26H2,1-2H3. The van der Waals surface area contributed by atoms with Crippen molar-refractivity contribution in [1.29, 1.82) is 0 Å². The van der Waals surface area contributed by atoms with E-state index in [0.29, 0.717) is 29.4 Å². The highest BCUT2D eigenvalue weighted by atomic mass is 127. The predicted octanol–water partition coefficient (Wildman–Crippen LogP) is 22.3. The topological polar surface area (TPSA) is 216 Å². The SMILES string of the molecule is CCc1cc(C2CC2)c(-c2ccc3c(c2)CCCO3)c(C(OC2CC2)C(=O)O)c1C.CCc1cc(C2CC2)c(-c2ccc3c(c2)CCCO3)c(C(OC2CC2)C(=O)OC)c1C.COC(=O)C(OC1CC1)c1c(C)c(I)cc(C2CC2)c1-c1ccc2c(c1)CCCO2.COC(=O)C(OC1CC1)c1c(C)c(N)cc(C2CC2)c1-c1ccc2c(c1)CCCO2. The van der Waals surface area contributed by atoms with Gasteiger partial charge in [0.05, 0.1) is 72.2 Å². The van der Waals surface area contributed by atoms with E-state index in [2.05, 4.69) is 154 Å². The Labute approximate surface area is 726 Å². The van der Waals surface area contributed by atoms with E-state index in [9.17, 15) is 24.3 Å². The van der Waals surface area contributed by atoms with Crippen LogP contribution in [0.3, 0.4) is 0 Å². The smallest absolute Gasteiger partial charge is 0.339 e. The highest BCUT2D eigenvalue weighted by Gasteiger charge is 2.44. The quantitative estimate of drug-likeness (QED) is 0.0223.